The second kappa shape index (κ2) is 7.72. The molecule has 0 saturated heterocycles. The van der Waals surface area contributed by atoms with Crippen LogP contribution in [0.25, 0.3) is 5.69 Å². The Labute approximate surface area is 153 Å². The van der Waals surface area contributed by atoms with Crippen LogP contribution in [0.4, 0.5) is 0 Å². The maximum absolute atomic E-state index is 12.6. The fraction of sp³-hybridized carbons (Fsp3) is 0.450. The maximum Gasteiger partial charge on any atom is 0.357 e. The molecule has 0 bridgehead atoms. The number of aromatic nitrogens is 2. The normalized spacial score (nSPS) is 14.9. The lowest BCUT2D eigenvalue weighted by Gasteiger charge is -2.17. The van der Waals surface area contributed by atoms with Crippen molar-refractivity contribution in [1.29, 1.82) is 0 Å². The molecule has 1 aliphatic carbocycles. The summed E-state index contributed by atoms with van der Waals surface area (Å²) >= 11 is 0. The first-order valence-electron chi connectivity index (χ1n) is 9.07. The molecule has 1 fully saturated rings. The van der Waals surface area contributed by atoms with E-state index in [0.29, 0.717) is 17.5 Å². The quantitative estimate of drug-likeness (QED) is 0.775. The molecule has 1 N–H and O–H groups in total. The summed E-state index contributed by atoms with van der Waals surface area (Å²) in [5.41, 5.74) is 2.05. The van der Waals surface area contributed by atoms with Gasteiger partial charge in [0.05, 0.1) is 11.4 Å². The first-order chi connectivity index (χ1) is 12.5. The van der Waals surface area contributed by atoms with Gasteiger partial charge < -0.3 is 10.1 Å². The van der Waals surface area contributed by atoms with Gasteiger partial charge in [-0.2, -0.15) is 5.10 Å². The van der Waals surface area contributed by atoms with Crippen LogP contribution in [0.2, 0.25) is 0 Å². The molecular weight excluding hydrogens is 330 g/mol. The third kappa shape index (κ3) is 4.31. The van der Waals surface area contributed by atoms with Crippen molar-refractivity contribution in [2.24, 2.45) is 5.92 Å². The van der Waals surface area contributed by atoms with Gasteiger partial charge in [0.15, 0.2) is 12.3 Å². The highest BCUT2D eigenvalue weighted by atomic mass is 16.5. The molecule has 1 heterocycles. The maximum atomic E-state index is 12.6. The van der Waals surface area contributed by atoms with Gasteiger partial charge in [0.2, 0.25) is 0 Å². The average Bonchev–Trinajstić information content (AvgIpc) is 3.38. The molecular formula is C20H25N3O3. The van der Waals surface area contributed by atoms with Gasteiger partial charge in [-0.15, -0.1) is 0 Å². The Hall–Kier alpha value is -2.63. The number of amides is 1. The number of nitrogens with zero attached hydrogens (tertiary/aromatic N) is 2. The minimum Gasteiger partial charge on any atom is -0.451 e. The fourth-order valence-corrected chi connectivity index (χ4v) is 2.56. The van der Waals surface area contributed by atoms with Gasteiger partial charge in [0.1, 0.15) is 0 Å². The molecule has 1 atom stereocenters. The highest BCUT2D eigenvalue weighted by molar-refractivity contribution is 5.90. The van der Waals surface area contributed by atoms with Crippen molar-refractivity contribution in [2.45, 2.75) is 45.6 Å². The van der Waals surface area contributed by atoms with E-state index in [1.165, 1.54) is 0 Å². The van der Waals surface area contributed by atoms with E-state index in [-0.39, 0.29) is 18.6 Å². The summed E-state index contributed by atoms with van der Waals surface area (Å²) in [7, 11) is 0. The Morgan fingerprint density at radius 3 is 2.54 bits per heavy atom. The smallest absolute Gasteiger partial charge is 0.357 e. The number of carbonyl (C=O) groups excluding carboxylic acids is 2. The Balaban J connectivity index is 1.71. The van der Waals surface area contributed by atoms with E-state index in [0.717, 1.165) is 24.2 Å². The van der Waals surface area contributed by atoms with Gasteiger partial charge in [-0.25, -0.2) is 9.48 Å². The van der Waals surface area contributed by atoms with E-state index in [4.69, 9.17) is 4.74 Å². The predicted molar refractivity (Wildman–Crippen MR) is 98.3 cm³/mol. The van der Waals surface area contributed by atoms with Crippen LogP contribution in [-0.4, -0.2) is 34.3 Å². The fourth-order valence-electron chi connectivity index (χ4n) is 2.56. The number of esters is 1. The predicted octanol–water partition coefficient (Wildman–Crippen LogP) is 3.07. The van der Waals surface area contributed by atoms with E-state index >= 15 is 0 Å². The summed E-state index contributed by atoms with van der Waals surface area (Å²) in [4.78, 5) is 24.5. The minimum atomic E-state index is -0.541. The molecule has 6 nitrogen and oxygen atoms in total. The lowest BCUT2D eigenvalue weighted by Crippen LogP contribution is -2.38. The van der Waals surface area contributed by atoms with Gasteiger partial charge >= 0.3 is 5.97 Å². The van der Waals surface area contributed by atoms with Crippen molar-refractivity contribution in [3.63, 3.8) is 0 Å². The van der Waals surface area contributed by atoms with Crippen LogP contribution in [0.5, 0.6) is 0 Å². The van der Waals surface area contributed by atoms with Gasteiger partial charge in [-0.1, -0.05) is 32.0 Å². The molecule has 2 aromatic rings. The molecule has 1 aliphatic rings. The lowest BCUT2D eigenvalue weighted by molar-refractivity contribution is -0.125. The number of para-hydroxylation sites is 1. The van der Waals surface area contributed by atoms with E-state index in [2.05, 4.69) is 10.4 Å². The van der Waals surface area contributed by atoms with Gasteiger partial charge in [-0.3, -0.25) is 4.79 Å². The Kier molecular flexibility index (Phi) is 5.40. The second-order valence-corrected chi connectivity index (χ2v) is 7.15. The van der Waals surface area contributed by atoms with E-state index in [1.54, 1.807) is 10.7 Å². The molecule has 1 saturated carbocycles. The Bertz CT molecular complexity index is 779. The van der Waals surface area contributed by atoms with Crippen LogP contribution >= 0.6 is 0 Å². The summed E-state index contributed by atoms with van der Waals surface area (Å²) < 4.78 is 6.84. The van der Waals surface area contributed by atoms with E-state index < -0.39 is 5.97 Å². The highest BCUT2D eigenvalue weighted by Crippen LogP contribution is 2.39. The number of rotatable bonds is 7. The monoisotopic (exact) mass is 355 g/mol. The van der Waals surface area contributed by atoms with Crippen LogP contribution in [0.15, 0.2) is 36.4 Å². The van der Waals surface area contributed by atoms with Crippen LogP contribution in [0.3, 0.4) is 0 Å². The summed E-state index contributed by atoms with van der Waals surface area (Å²) in [5, 5.41) is 7.40. The molecule has 0 radical (unpaired) electrons. The molecule has 1 amide bonds. The van der Waals surface area contributed by atoms with Crippen molar-refractivity contribution < 1.29 is 14.3 Å². The standard InChI is InChI=1S/C20H25N3O3/c1-13(2)14(3)21-19(24)12-26-20(25)18-11-17(15-9-10-15)22-23(18)16-7-5-4-6-8-16/h4-8,11,13-15H,9-10,12H2,1-3H3,(H,21,24)/t14-/m1/s1. The van der Waals surface area contributed by atoms with E-state index in [1.807, 2.05) is 51.1 Å². The highest BCUT2D eigenvalue weighted by Gasteiger charge is 2.29. The molecule has 6 heteroatoms. The number of carbonyl (C=O) groups is 2. The summed E-state index contributed by atoms with van der Waals surface area (Å²) in [6, 6.07) is 11.3. The summed E-state index contributed by atoms with van der Waals surface area (Å²) in [5.74, 6) is -0.106. The number of ether oxygens (including phenoxy) is 1. The minimum absolute atomic E-state index is 0.0255. The van der Waals surface area contributed by atoms with Crippen molar-refractivity contribution in [2.75, 3.05) is 6.61 Å². The molecule has 1 aromatic heterocycles. The number of benzene rings is 1. The first kappa shape index (κ1) is 18.2. The molecule has 26 heavy (non-hydrogen) atoms. The van der Waals surface area contributed by atoms with Crippen molar-refractivity contribution in [1.82, 2.24) is 15.1 Å². The summed E-state index contributed by atoms with van der Waals surface area (Å²) in [6.07, 6.45) is 2.19. The van der Waals surface area contributed by atoms with Gasteiger partial charge in [0.25, 0.3) is 5.91 Å². The third-order valence-electron chi connectivity index (χ3n) is 4.66. The van der Waals surface area contributed by atoms with Gasteiger partial charge in [-0.05, 0) is 43.9 Å². The first-order valence-corrected chi connectivity index (χ1v) is 9.07. The Morgan fingerprint density at radius 2 is 1.92 bits per heavy atom. The van der Waals surface area contributed by atoms with E-state index in [9.17, 15) is 9.59 Å². The zero-order valence-electron chi connectivity index (χ0n) is 15.4. The molecule has 0 spiro atoms. The van der Waals surface area contributed by atoms with Crippen LogP contribution in [0.1, 0.15) is 55.7 Å². The molecule has 0 aliphatic heterocycles. The van der Waals surface area contributed by atoms with Crippen LogP contribution < -0.4 is 5.32 Å². The summed E-state index contributed by atoms with van der Waals surface area (Å²) in [6.45, 7) is 5.68. The second-order valence-electron chi connectivity index (χ2n) is 7.15. The zero-order valence-corrected chi connectivity index (χ0v) is 15.4. The zero-order chi connectivity index (χ0) is 18.7. The van der Waals surface area contributed by atoms with Crippen molar-refractivity contribution in [3.8, 4) is 5.69 Å². The molecule has 1 aromatic carbocycles. The number of nitrogens with one attached hydrogen (secondary N) is 1. The van der Waals surface area contributed by atoms with Crippen molar-refractivity contribution >= 4 is 11.9 Å². The number of hydrogen-bond donors (Lipinski definition) is 1. The third-order valence-corrected chi connectivity index (χ3v) is 4.66. The van der Waals surface area contributed by atoms with Crippen molar-refractivity contribution in [3.05, 3.63) is 47.8 Å². The van der Waals surface area contributed by atoms with Crippen LogP contribution in [-0.2, 0) is 9.53 Å². The molecule has 138 valence electrons. The largest absolute Gasteiger partial charge is 0.451 e. The lowest BCUT2D eigenvalue weighted by atomic mass is 10.1. The Morgan fingerprint density at radius 1 is 1.23 bits per heavy atom. The molecule has 0 unspecified atom stereocenters. The average molecular weight is 355 g/mol. The SMILES string of the molecule is CC(C)[C@@H](C)NC(=O)COC(=O)c1cc(C2CC2)nn1-c1ccccc1. The molecule has 3 rings (SSSR count). The van der Waals surface area contributed by atoms with Crippen LogP contribution in [0, 0.1) is 5.92 Å². The van der Waals surface area contributed by atoms with Gasteiger partial charge in [0, 0.05) is 12.0 Å². The number of hydrogen-bond acceptors (Lipinski definition) is 4. The topological polar surface area (TPSA) is 73.2 Å².